The van der Waals surface area contributed by atoms with Gasteiger partial charge in [0.25, 0.3) is 0 Å². The average Bonchev–Trinajstić information content (AvgIpc) is 3.03. The summed E-state index contributed by atoms with van der Waals surface area (Å²) < 4.78 is 64.8. The molecule has 0 radical (unpaired) electrons. The highest BCUT2D eigenvalue weighted by molar-refractivity contribution is 7.91. The van der Waals surface area contributed by atoms with Gasteiger partial charge in [-0.25, -0.2) is 8.42 Å². The van der Waals surface area contributed by atoms with Gasteiger partial charge in [-0.1, -0.05) is 6.92 Å². The Bertz CT molecular complexity index is 1090. The maximum absolute atomic E-state index is 12.9. The van der Waals surface area contributed by atoms with Crippen molar-refractivity contribution in [2.24, 2.45) is 7.05 Å². The van der Waals surface area contributed by atoms with Crippen LogP contribution in [-0.4, -0.2) is 33.9 Å². The highest BCUT2D eigenvalue weighted by Crippen LogP contribution is 2.33. The quantitative estimate of drug-likeness (QED) is 0.676. The van der Waals surface area contributed by atoms with Gasteiger partial charge in [-0.2, -0.15) is 18.3 Å². The van der Waals surface area contributed by atoms with Crippen molar-refractivity contribution in [3.05, 3.63) is 48.4 Å². The number of halogens is 3. The van der Waals surface area contributed by atoms with E-state index in [9.17, 15) is 21.6 Å². The third kappa shape index (κ3) is 3.70. The summed E-state index contributed by atoms with van der Waals surface area (Å²) in [6, 6.07) is 5.40. The molecule has 142 valence electrons. The standard InChI is InChI=1S/C17H15F3N4O2S/c1-3-27(25,26)15-5-4-6-22-16(15)13-8-14(24(2)23-13)11-7-12(10-21-9-11)17(18,19)20/h4-10H,3H2,1-2H3. The van der Waals surface area contributed by atoms with E-state index in [1.807, 2.05) is 0 Å². The molecule has 0 bridgehead atoms. The van der Waals surface area contributed by atoms with Crippen LogP contribution in [0.2, 0.25) is 0 Å². The van der Waals surface area contributed by atoms with Gasteiger partial charge in [-0.15, -0.1) is 0 Å². The Hall–Kier alpha value is -2.75. The van der Waals surface area contributed by atoms with Crippen molar-refractivity contribution in [3.8, 4) is 22.6 Å². The summed E-state index contributed by atoms with van der Waals surface area (Å²) in [5, 5.41) is 4.24. The number of nitrogens with zero attached hydrogens (tertiary/aromatic N) is 4. The molecule has 0 spiro atoms. The zero-order valence-corrected chi connectivity index (χ0v) is 15.2. The van der Waals surface area contributed by atoms with Crippen molar-refractivity contribution in [3.63, 3.8) is 0 Å². The predicted octanol–water partition coefficient (Wildman–Crippen LogP) is 3.36. The Kier molecular flexibility index (Phi) is 4.77. The molecule has 0 aromatic carbocycles. The molecule has 0 aliphatic rings. The molecule has 0 aliphatic heterocycles. The van der Waals surface area contributed by atoms with E-state index in [-0.39, 0.29) is 27.6 Å². The lowest BCUT2D eigenvalue weighted by Gasteiger charge is -2.08. The SMILES string of the molecule is CCS(=O)(=O)c1cccnc1-c1cc(-c2cncc(C(F)(F)F)c2)n(C)n1. The van der Waals surface area contributed by atoms with Crippen LogP contribution in [0, 0.1) is 0 Å². The van der Waals surface area contributed by atoms with Crippen LogP contribution in [0.3, 0.4) is 0 Å². The van der Waals surface area contributed by atoms with Gasteiger partial charge in [0, 0.05) is 31.2 Å². The van der Waals surface area contributed by atoms with Crippen LogP contribution in [0.25, 0.3) is 22.6 Å². The molecule has 6 nitrogen and oxygen atoms in total. The van der Waals surface area contributed by atoms with Crippen molar-refractivity contribution in [1.82, 2.24) is 19.7 Å². The monoisotopic (exact) mass is 396 g/mol. The molecule has 0 fully saturated rings. The molecule has 3 rings (SSSR count). The van der Waals surface area contributed by atoms with Crippen molar-refractivity contribution in [2.75, 3.05) is 5.75 Å². The number of hydrogen-bond acceptors (Lipinski definition) is 5. The van der Waals surface area contributed by atoms with Crippen molar-refractivity contribution >= 4 is 9.84 Å². The molecule has 0 unspecified atom stereocenters. The van der Waals surface area contributed by atoms with Gasteiger partial charge >= 0.3 is 6.18 Å². The molecule has 3 heterocycles. The smallest absolute Gasteiger partial charge is 0.267 e. The van der Waals surface area contributed by atoms with Crippen LogP contribution in [-0.2, 0) is 23.1 Å². The van der Waals surface area contributed by atoms with Gasteiger partial charge < -0.3 is 0 Å². The van der Waals surface area contributed by atoms with E-state index in [2.05, 4.69) is 15.1 Å². The summed E-state index contributed by atoms with van der Waals surface area (Å²) in [7, 11) is -1.99. The predicted molar refractivity (Wildman–Crippen MR) is 92.4 cm³/mol. The number of aromatic nitrogens is 4. The third-order valence-electron chi connectivity index (χ3n) is 3.97. The second-order valence-corrected chi connectivity index (χ2v) is 8.00. The molecule has 3 aromatic rings. The Labute approximate surface area is 153 Å². The molecule has 3 aromatic heterocycles. The summed E-state index contributed by atoms with van der Waals surface area (Å²) in [5.74, 6) is -0.108. The molecule has 0 N–H and O–H groups in total. The van der Waals surface area contributed by atoms with Crippen LogP contribution in [0.4, 0.5) is 13.2 Å². The van der Waals surface area contributed by atoms with E-state index < -0.39 is 21.6 Å². The largest absolute Gasteiger partial charge is 0.417 e. The minimum atomic E-state index is -4.52. The molecular weight excluding hydrogens is 381 g/mol. The fourth-order valence-corrected chi connectivity index (χ4v) is 3.63. The molecule has 10 heteroatoms. The first-order valence-electron chi connectivity index (χ1n) is 7.88. The van der Waals surface area contributed by atoms with Gasteiger partial charge in [0.05, 0.1) is 21.9 Å². The topological polar surface area (TPSA) is 77.7 Å². The maximum atomic E-state index is 12.9. The molecule has 0 saturated heterocycles. The summed E-state index contributed by atoms with van der Waals surface area (Å²) in [6.07, 6.45) is -1.05. The number of hydrogen-bond donors (Lipinski definition) is 0. The number of sulfone groups is 1. The van der Waals surface area contributed by atoms with Gasteiger partial charge in [0.1, 0.15) is 11.4 Å². The normalized spacial score (nSPS) is 12.3. The van der Waals surface area contributed by atoms with Gasteiger partial charge in [-0.3, -0.25) is 14.6 Å². The number of pyridine rings is 2. The van der Waals surface area contributed by atoms with Crippen molar-refractivity contribution < 1.29 is 21.6 Å². The summed E-state index contributed by atoms with van der Waals surface area (Å²) in [5.41, 5.74) is 0.0875. The minimum Gasteiger partial charge on any atom is -0.267 e. The van der Waals surface area contributed by atoms with Gasteiger partial charge in [-0.05, 0) is 24.3 Å². The lowest BCUT2D eigenvalue weighted by atomic mass is 10.1. The molecule has 0 aliphatic carbocycles. The van der Waals surface area contributed by atoms with Gasteiger partial charge in [0.15, 0.2) is 9.84 Å². The van der Waals surface area contributed by atoms with Crippen molar-refractivity contribution in [1.29, 1.82) is 0 Å². The van der Waals surface area contributed by atoms with E-state index in [4.69, 9.17) is 0 Å². The Morgan fingerprint density at radius 1 is 1.19 bits per heavy atom. The van der Waals surface area contributed by atoms with E-state index in [1.165, 1.54) is 42.2 Å². The molecule has 0 atom stereocenters. The Morgan fingerprint density at radius 2 is 1.93 bits per heavy atom. The van der Waals surface area contributed by atoms with Gasteiger partial charge in [0.2, 0.25) is 0 Å². The van der Waals surface area contributed by atoms with E-state index in [1.54, 1.807) is 7.05 Å². The number of rotatable bonds is 4. The minimum absolute atomic E-state index is 0.0271. The zero-order valence-electron chi connectivity index (χ0n) is 14.4. The summed E-state index contributed by atoms with van der Waals surface area (Å²) in [4.78, 5) is 7.79. The second-order valence-electron chi connectivity index (χ2n) is 5.75. The lowest BCUT2D eigenvalue weighted by molar-refractivity contribution is -0.137. The second kappa shape index (κ2) is 6.76. The first-order chi connectivity index (χ1) is 12.6. The average molecular weight is 396 g/mol. The molecule has 0 saturated carbocycles. The third-order valence-corrected chi connectivity index (χ3v) is 5.73. The fourth-order valence-electron chi connectivity index (χ4n) is 2.58. The van der Waals surface area contributed by atoms with Crippen LogP contribution in [0.15, 0.2) is 47.8 Å². The van der Waals surface area contributed by atoms with E-state index in [0.717, 1.165) is 12.3 Å². The van der Waals surface area contributed by atoms with Crippen molar-refractivity contribution in [2.45, 2.75) is 18.0 Å². The first-order valence-corrected chi connectivity index (χ1v) is 9.53. The van der Waals surface area contributed by atoms with Crippen LogP contribution in [0.5, 0.6) is 0 Å². The summed E-state index contributed by atoms with van der Waals surface area (Å²) in [6.45, 7) is 1.52. The Balaban J connectivity index is 2.13. The van der Waals surface area contributed by atoms with Crippen LogP contribution < -0.4 is 0 Å². The zero-order chi connectivity index (χ0) is 19.8. The number of aryl methyl sites for hydroxylation is 1. The highest BCUT2D eigenvalue weighted by atomic mass is 32.2. The molecule has 0 amide bonds. The van der Waals surface area contributed by atoms with E-state index >= 15 is 0 Å². The Morgan fingerprint density at radius 3 is 2.59 bits per heavy atom. The molecule has 27 heavy (non-hydrogen) atoms. The first kappa shape index (κ1) is 19.0. The van der Waals surface area contributed by atoms with Crippen LogP contribution >= 0.6 is 0 Å². The number of alkyl halides is 3. The lowest BCUT2D eigenvalue weighted by Crippen LogP contribution is -2.07. The highest BCUT2D eigenvalue weighted by Gasteiger charge is 2.31. The summed E-state index contributed by atoms with van der Waals surface area (Å²) >= 11 is 0. The van der Waals surface area contributed by atoms with Crippen LogP contribution in [0.1, 0.15) is 12.5 Å². The molecular formula is C17H15F3N4O2S. The van der Waals surface area contributed by atoms with E-state index in [0.29, 0.717) is 5.69 Å². The fraction of sp³-hybridized carbons (Fsp3) is 0.235. The maximum Gasteiger partial charge on any atom is 0.417 e.